The van der Waals surface area contributed by atoms with Crippen molar-refractivity contribution in [2.75, 3.05) is 4.90 Å². The molecule has 11 aromatic rings. The Morgan fingerprint density at radius 3 is 1.45 bits per heavy atom. The molecular formula is C52H33NO2. The van der Waals surface area contributed by atoms with Gasteiger partial charge in [-0.15, -0.1) is 0 Å². The van der Waals surface area contributed by atoms with E-state index in [1.165, 1.54) is 11.1 Å². The Morgan fingerprint density at radius 2 is 0.745 bits per heavy atom. The van der Waals surface area contributed by atoms with Gasteiger partial charge >= 0.3 is 0 Å². The molecule has 0 saturated carbocycles. The summed E-state index contributed by atoms with van der Waals surface area (Å²) in [5.74, 6) is 0. The first kappa shape index (κ1) is 31.2. The molecule has 0 bridgehead atoms. The van der Waals surface area contributed by atoms with Crippen molar-refractivity contribution in [3.63, 3.8) is 0 Å². The van der Waals surface area contributed by atoms with Crippen LogP contribution >= 0.6 is 0 Å². The van der Waals surface area contributed by atoms with Crippen LogP contribution in [0.15, 0.2) is 209 Å². The zero-order valence-corrected chi connectivity index (χ0v) is 29.8. The largest absolute Gasteiger partial charge is 0.455 e. The van der Waals surface area contributed by atoms with Crippen LogP contribution in [0.4, 0.5) is 17.1 Å². The van der Waals surface area contributed by atoms with Gasteiger partial charge in [-0.25, -0.2) is 0 Å². The van der Waals surface area contributed by atoms with Gasteiger partial charge in [-0.1, -0.05) is 152 Å². The summed E-state index contributed by atoms with van der Waals surface area (Å²) in [5.41, 5.74) is 13.7. The van der Waals surface area contributed by atoms with Gasteiger partial charge in [0.25, 0.3) is 0 Å². The summed E-state index contributed by atoms with van der Waals surface area (Å²) in [6.45, 7) is 0. The monoisotopic (exact) mass is 703 g/mol. The van der Waals surface area contributed by atoms with E-state index in [2.05, 4.69) is 181 Å². The zero-order valence-electron chi connectivity index (χ0n) is 29.8. The van der Waals surface area contributed by atoms with Crippen LogP contribution in [0.5, 0.6) is 0 Å². The number of fused-ring (bicyclic) bond motifs is 8. The number of hydrogen-bond acceptors (Lipinski definition) is 3. The molecule has 3 heteroatoms. The molecule has 3 nitrogen and oxygen atoms in total. The number of anilines is 3. The molecule has 9 aromatic carbocycles. The molecule has 0 saturated heterocycles. The van der Waals surface area contributed by atoms with Crippen molar-refractivity contribution in [1.82, 2.24) is 0 Å². The van der Waals surface area contributed by atoms with Gasteiger partial charge in [0.05, 0.1) is 5.69 Å². The summed E-state index contributed by atoms with van der Waals surface area (Å²) in [6, 6.07) is 70.9. The van der Waals surface area contributed by atoms with E-state index >= 15 is 0 Å². The Hall–Kier alpha value is -7.36. The van der Waals surface area contributed by atoms with Crippen molar-refractivity contribution >= 4 is 71.7 Å². The second kappa shape index (κ2) is 12.6. The molecule has 2 heterocycles. The van der Waals surface area contributed by atoms with E-state index in [1.807, 2.05) is 24.3 Å². The molecule has 0 aliphatic rings. The first-order valence-electron chi connectivity index (χ1n) is 18.7. The summed E-state index contributed by atoms with van der Waals surface area (Å²) < 4.78 is 12.9. The van der Waals surface area contributed by atoms with Crippen LogP contribution in [-0.2, 0) is 0 Å². The highest BCUT2D eigenvalue weighted by Crippen LogP contribution is 2.45. The molecular weight excluding hydrogens is 671 g/mol. The van der Waals surface area contributed by atoms with Crippen molar-refractivity contribution in [3.8, 4) is 33.4 Å². The fourth-order valence-electron chi connectivity index (χ4n) is 8.30. The van der Waals surface area contributed by atoms with Gasteiger partial charge in [0.15, 0.2) is 0 Å². The number of nitrogens with zero attached hydrogens (tertiary/aromatic N) is 1. The van der Waals surface area contributed by atoms with Crippen LogP contribution in [-0.4, -0.2) is 0 Å². The number of hydrogen-bond donors (Lipinski definition) is 0. The quantitative estimate of drug-likeness (QED) is 0.173. The third-order valence-corrected chi connectivity index (χ3v) is 10.9. The lowest BCUT2D eigenvalue weighted by atomic mass is 9.94. The van der Waals surface area contributed by atoms with Crippen LogP contribution in [0.1, 0.15) is 0 Å². The van der Waals surface area contributed by atoms with E-state index < -0.39 is 0 Å². The Morgan fingerprint density at radius 1 is 0.273 bits per heavy atom. The van der Waals surface area contributed by atoms with Gasteiger partial charge in [0.2, 0.25) is 0 Å². The highest BCUT2D eigenvalue weighted by Gasteiger charge is 2.20. The predicted octanol–water partition coefficient (Wildman–Crippen LogP) is 15.1. The van der Waals surface area contributed by atoms with Gasteiger partial charge in [-0.3, -0.25) is 0 Å². The summed E-state index contributed by atoms with van der Waals surface area (Å²) in [6.07, 6.45) is 0. The smallest absolute Gasteiger partial charge is 0.143 e. The lowest BCUT2D eigenvalue weighted by molar-refractivity contribution is 0.670. The van der Waals surface area contributed by atoms with Gasteiger partial charge in [-0.2, -0.15) is 0 Å². The highest BCUT2D eigenvalue weighted by atomic mass is 16.3. The molecule has 11 rings (SSSR count). The maximum absolute atomic E-state index is 6.49. The topological polar surface area (TPSA) is 29.5 Å². The molecule has 0 aliphatic carbocycles. The van der Waals surface area contributed by atoms with Crippen LogP contribution in [0.25, 0.3) is 88.0 Å². The van der Waals surface area contributed by atoms with Crippen LogP contribution < -0.4 is 4.90 Å². The van der Waals surface area contributed by atoms with E-state index in [1.54, 1.807) is 0 Å². The number of furan rings is 2. The van der Waals surface area contributed by atoms with Gasteiger partial charge in [0, 0.05) is 49.4 Å². The van der Waals surface area contributed by atoms with Crippen molar-refractivity contribution < 1.29 is 8.83 Å². The van der Waals surface area contributed by atoms with E-state index in [0.29, 0.717) is 0 Å². The minimum Gasteiger partial charge on any atom is -0.455 e. The first-order chi connectivity index (χ1) is 27.3. The Kier molecular flexibility index (Phi) is 7.17. The van der Waals surface area contributed by atoms with E-state index in [-0.39, 0.29) is 0 Å². The standard InChI is InChI=1S/C52H33NO2/c1-2-12-34(13-3-1)35-24-28-37(29-25-35)53(38-30-26-36(27-31-38)39-17-10-20-46-43-15-5-8-22-49(43)54-51(39)46)48-21-7-4-14-42(48)40-18-11-19-45-41(40)32-33-47-44-16-6-9-23-50(44)55-52(45)47/h1-33H. The summed E-state index contributed by atoms with van der Waals surface area (Å²) in [5, 5.41) is 6.77. The minimum atomic E-state index is 0.901. The molecule has 0 unspecified atom stereocenters. The fourth-order valence-corrected chi connectivity index (χ4v) is 8.30. The van der Waals surface area contributed by atoms with E-state index in [0.717, 1.165) is 94.0 Å². The minimum absolute atomic E-state index is 0.901. The lowest BCUT2D eigenvalue weighted by Crippen LogP contribution is -2.11. The average molecular weight is 704 g/mol. The summed E-state index contributed by atoms with van der Waals surface area (Å²) in [7, 11) is 0. The summed E-state index contributed by atoms with van der Waals surface area (Å²) >= 11 is 0. The SMILES string of the molecule is c1ccc(-c2ccc(N(c3ccc(-c4cccc5c4oc4ccccc45)cc3)c3ccccc3-c3cccc4c3ccc3c5ccccc5oc43)cc2)cc1. The molecule has 0 spiro atoms. The third kappa shape index (κ3) is 5.13. The highest BCUT2D eigenvalue weighted by molar-refractivity contribution is 6.18. The van der Waals surface area contributed by atoms with Crippen molar-refractivity contribution in [2.24, 2.45) is 0 Å². The second-order valence-corrected chi connectivity index (χ2v) is 14.0. The van der Waals surface area contributed by atoms with Crippen LogP contribution in [0.3, 0.4) is 0 Å². The Bertz CT molecular complexity index is 3190. The molecule has 258 valence electrons. The molecule has 0 amide bonds. The summed E-state index contributed by atoms with van der Waals surface area (Å²) in [4.78, 5) is 2.37. The molecule has 0 radical (unpaired) electrons. The maximum Gasteiger partial charge on any atom is 0.143 e. The number of benzene rings is 9. The zero-order chi connectivity index (χ0) is 36.3. The van der Waals surface area contributed by atoms with E-state index in [9.17, 15) is 0 Å². The first-order valence-corrected chi connectivity index (χ1v) is 18.7. The van der Waals surface area contributed by atoms with E-state index in [4.69, 9.17) is 8.83 Å². The normalized spacial score (nSPS) is 11.6. The lowest BCUT2D eigenvalue weighted by Gasteiger charge is -2.28. The average Bonchev–Trinajstić information content (AvgIpc) is 3.84. The molecule has 0 fully saturated rings. The fraction of sp³-hybridized carbons (Fsp3) is 0. The molecule has 0 aliphatic heterocycles. The van der Waals surface area contributed by atoms with Gasteiger partial charge < -0.3 is 13.7 Å². The predicted molar refractivity (Wildman–Crippen MR) is 229 cm³/mol. The van der Waals surface area contributed by atoms with Gasteiger partial charge in [-0.05, 0) is 76.2 Å². The molecule has 55 heavy (non-hydrogen) atoms. The molecule has 2 aromatic heterocycles. The van der Waals surface area contributed by atoms with Crippen molar-refractivity contribution in [3.05, 3.63) is 200 Å². The Labute approximate surface area is 317 Å². The van der Waals surface area contributed by atoms with Crippen LogP contribution in [0.2, 0.25) is 0 Å². The van der Waals surface area contributed by atoms with Crippen LogP contribution in [0, 0.1) is 0 Å². The third-order valence-electron chi connectivity index (χ3n) is 10.9. The molecule has 0 atom stereocenters. The van der Waals surface area contributed by atoms with Crippen molar-refractivity contribution in [1.29, 1.82) is 0 Å². The number of para-hydroxylation sites is 4. The second-order valence-electron chi connectivity index (χ2n) is 14.0. The number of rotatable bonds is 6. The van der Waals surface area contributed by atoms with Gasteiger partial charge in [0.1, 0.15) is 22.3 Å². The molecule has 0 N–H and O–H groups in total. The Balaban J connectivity index is 1.08. The maximum atomic E-state index is 6.49. The van der Waals surface area contributed by atoms with Crippen molar-refractivity contribution in [2.45, 2.75) is 0 Å².